The van der Waals surface area contributed by atoms with Gasteiger partial charge in [-0.05, 0) is 41.0 Å². The third-order valence-corrected chi connectivity index (χ3v) is 2.52. The summed E-state index contributed by atoms with van der Waals surface area (Å²) in [5, 5.41) is 3.04. The van der Waals surface area contributed by atoms with Gasteiger partial charge in [0.25, 0.3) is 0 Å². The van der Waals surface area contributed by atoms with Crippen molar-refractivity contribution in [3.63, 3.8) is 0 Å². The highest BCUT2D eigenvalue weighted by atomic mass is 16.6. The third kappa shape index (κ3) is 9.25. The van der Waals surface area contributed by atoms with Gasteiger partial charge in [-0.2, -0.15) is 0 Å². The first-order valence-corrected chi connectivity index (χ1v) is 6.52. The van der Waals surface area contributed by atoms with Crippen molar-refractivity contribution in [3.05, 3.63) is 11.6 Å². The normalized spacial score (nSPS) is 14.1. The van der Waals surface area contributed by atoms with Crippen LogP contribution in [0.25, 0.3) is 0 Å². The van der Waals surface area contributed by atoms with Crippen molar-refractivity contribution >= 4 is 11.9 Å². The second-order valence-electron chi connectivity index (χ2n) is 5.60. The van der Waals surface area contributed by atoms with Crippen molar-refractivity contribution in [2.45, 2.75) is 59.1 Å². The van der Waals surface area contributed by atoms with E-state index in [0.29, 0.717) is 13.0 Å². The molecule has 0 aliphatic heterocycles. The van der Waals surface area contributed by atoms with Crippen molar-refractivity contribution in [2.75, 3.05) is 6.54 Å². The molecule has 0 spiro atoms. The van der Waals surface area contributed by atoms with Crippen LogP contribution in [0.1, 0.15) is 47.5 Å². The predicted octanol–water partition coefficient (Wildman–Crippen LogP) is 1.52. The topological polar surface area (TPSA) is 81.4 Å². The molecule has 5 heteroatoms. The van der Waals surface area contributed by atoms with Gasteiger partial charge < -0.3 is 15.8 Å². The molecular formula is C14H26N2O3. The molecule has 110 valence electrons. The summed E-state index contributed by atoms with van der Waals surface area (Å²) in [5.41, 5.74) is 5.91. The Morgan fingerprint density at radius 2 is 1.95 bits per heavy atom. The van der Waals surface area contributed by atoms with Crippen LogP contribution in [-0.4, -0.2) is 30.1 Å². The monoisotopic (exact) mass is 270 g/mol. The predicted molar refractivity (Wildman–Crippen MR) is 75.5 cm³/mol. The van der Waals surface area contributed by atoms with Crippen LogP contribution < -0.4 is 11.1 Å². The highest BCUT2D eigenvalue weighted by Gasteiger charge is 2.20. The fraction of sp³-hybridized carbons (Fsp3) is 0.714. The summed E-state index contributed by atoms with van der Waals surface area (Å²) in [6.45, 7) is 9.90. The number of nitrogens with one attached hydrogen (secondary N) is 1. The molecule has 0 aromatic carbocycles. The maximum Gasteiger partial charge on any atom is 0.306 e. The number of hydrogen-bond donors (Lipinski definition) is 2. The zero-order valence-electron chi connectivity index (χ0n) is 12.6. The molecule has 0 aliphatic rings. The lowest BCUT2D eigenvalue weighted by molar-refractivity contribution is -0.155. The van der Waals surface area contributed by atoms with Gasteiger partial charge in [-0.25, -0.2) is 0 Å². The van der Waals surface area contributed by atoms with E-state index < -0.39 is 17.6 Å². The summed E-state index contributed by atoms with van der Waals surface area (Å²) in [4.78, 5) is 22.9. The molecule has 3 N–H and O–H groups in total. The van der Waals surface area contributed by atoms with Gasteiger partial charge in [0.05, 0.1) is 6.04 Å². The molecule has 5 nitrogen and oxygen atoms in total. The maximum absolute atomic E-state index is 11.6. The van der Waals surface area contributed by atoms with Crippen LogP contribution in [0.4, 0.5) is 0 Å². The number of primary amides is 1. The smallest absolute Gasteiger partial charge is 0.306 e. The molecule has 0 saturated heterocycles. The molecule has 0 radical (unpaired) electrons. The fourth-order valence-electron chi connectivity index (χ4n) is 1.39. The van der Waals surface area contributed by atoms with Crippen LogP contribution in [0, 0.1) is 0 Å². The summed E-state index contributed by atoms with van der Waals surface area (Å²) in [6, 6.07) is -0.512. The van der Waals surface area contributed by atoms with Crippen LogP contribution in [0.15, 0.2) is 11.6 Å². The van der Waals surface area contributed by atoms with E-state index in [2.05, 4.69) is 5.32 Å². The Morgan fingerprint density at radius 1 is 1.37 bits per heavy atom. The van der Waals surface area contributed by atoms with E-state index in [9.17, 15) is 9.59 Å². The lowest BCUT2D eigenvalue weighted by atomic mass is 10.1. The molecular weight excluding hydrogens is 244 g/mol. The Labute approximate surface area is 115 Å². The van der Waals surface area contributed by atoms with Gasteiger partial charge in [0.2, 0.25) is 5.91 Å². The molecule has 1 amide bonds. The van der Waals surface area contributed by atoms with E-state index in [-0.39, 0.29) is 12.4 Å². The first-order chi connectivity index (χ1) is 8.65. The quantitative estimate of drug-likeness (QED) is 0.543. The first-order valence-electron chi connectivity index (χ1n) is 6.52. The van der Waals surface area contributed by atoms with Crippen LogP contribution in [0.3, 0.4) is 0 Å². The summed E-state index contributed by atoms with van der Waals surface area (Å²) in [5.74, 6) is -0.768. The van der Waals surface area contributed by atoms with Gasteiger partial charge in [0.1, 0.15) is 5.60 Å². The first kappa shape index (κ1) is 17.6. The molecule has 0 heterocycles. The number of carbonyl (C=O) groups is 2. The van der Waals surface area contributed by atoms with Gasteiger partial charge in [-0.3, -0.25) is 9.59 Å². The highest BCUT2D eigenvalue weighted by Crippen LogP contribution is 2.10. The van der Waals surface area contributed by atoms with Crippen molar-refractivity contribution in [3.8, 4) is 0 Å². The number of carbonyl (C=O) groups excluding carboxylic acids is 2. The molecule has 0 aromatic heterocycles. The molecule has 0 fully saturated rings. The van der Waals surface area contributed by atoms with E-state index in [4.69, 9.17) is 10.5 Å². The van der Waals surface area contributed by atoms with E-state index in [1.165, 1.54) is 0 Å². The molecule has 0 rings (SSSR count). The Balaban J connectivity index is 4.22. The average molecular weight is 270 g/mol. The van der Waals surface area contributed by atoms with E-state index in [0.717, 1.165) is 5.57 Å². The van der Waals surface area contributed by atoms with E-state index >= 15 is 0 Å². The second-order valence-corrected chi connectivity index (χ2v) is 5.60. The Kier molecular flexibility index (Phi) is 7.37. The van der Waals surface area contributed by atoms with Gasteiger partial charge in [0, 0.05) is 13.0 Å². The molecule has 0 unspecified atom stereocenters. The standard InChI is InChI=1S/C14H26N2O3/c1-6-10(2)9-16-11(13(15)18)7-8-12(17)19-14(3,4)5/h6,11,16H,7-9H2,1-5H3,(H2,15,18)/b10-6+/t11-/m0/s1. The average Bonchev–Trinajstić information content (AvgIpc) is 2.25. The largest absolute Gasteiger partial charge is 0.460 e. The van der Waals surface area contributed by atoms with E-state index in [1.807, 2.05) is 40.7 Å². The van der Waals surface area contributed by atoms with Gasteiger partial charge in [0.15, 0.2) is 0 Å². The number of amides is 1. The van der Waals surface area contributed by atoms with Crippen LogP contribution >= 0.6 is 0 Å². The minimum absolute atomic E-state index is 0.173. The van der Waals surface area contributed by atoms with Gasteiger partial charge >= 0.3 is 5.97 Å². The number of allylic oxidation sites excluding steroid dienone is 1. The molecule has 19 heavy (non-hydrogen) atoms. The van der Waals surface area contributed by atoms with Crippen LogP contribution in [0.2, 0.25) is 0 Å². The lowest BCUT2D eigenvalue weighted by Crippen LogP contribution is -2.42. The van der Waals surface area contributed by atoms with Crippen molar-refractivity contribution < 1.29 is 14.3 Å². The molecule has 0 bridgehead atoms. The summed E-state index contributed by atoms with van der Waals surface area (Å²) in [7, 11) is 0. The molecule has 0 aromatic rings. The lowest BCUT2D eigenvalue weighted by Gasteiger charge is -2.20. The molecule has 0 saturated carbocycles. The third-order valence-electron chi connectivity index (χ3n) is 2.52. The van der Waals surface area contributed by atoms with Gasteiger partial charge in [-0.1, -0.05) is 11.6 Å². The highest BCUT2D eigenvalue weighted by molar-refractivity contribution is 5.80. The Bertz CT molecular complexity index is 343. The SMILES string of the molecule is C/C=C(\C)CN[C@@H](CCC(=O)OC(C)(C)C)C(N)=O. The summed E-state index contributed by atoms with van der Waals surface area (Å²) >= 11 is 0. The van der Waals surface area contributed by atoms with E-state index in [1.54, 1.807) is 0 Å². The molecule has 0 aliphatic carbocycles. The maximum atomic E-state index is 11.6. The summed E-state index contributed by atoms with van der Waals surface area (Å²) in [6.07, 6.45) is 2.48. The number of nitrogens with two attached hydrogens (primary N) is 1. The molecule has 1 atom stereocenters. The minimum Gasteiger partial charge on any atom is -0.460 e. The summed E-state index contributed by atoms with van der Waals surface area (Å²) < 4.78 is 5.18. The van der Waals surface area contributed by atoms with Crippen molar-refractivity contribution in [1.82, 2.24) is 5.32 Å². The fourth-order valence-corrected chi connectivity index (χ4v) is 1.39. The second kappa shape index (κ2) is 7.94. The zero-order valence-corrected chi connectivity index (χ0v) is 12.6. The van der Waals surface area contributed by atoms with Crippen LogP contribution in [0.5, 0.6) is 0 Å². The Morgan fingerprint density at radius 3 is 2.37 bits per heavy atom. The number of rotatable bonds is 7. The minimum atomic E-state index is -0.512. The van der Waals surface area contributed by atoms with Crippen molar-refractivity contribution in [2.24, 2.45) is 5.73 Å². The van der Waals surface area contributed by atoms with Gasteiger partial charge in [-0.15, -0.1) is 0 Å². The number of ether oxygens (including phenoxy) is 1. The Hall–Kier alpha value is -1.36. The zero-order chi connectivity index (χ0) is 15.1. The van der Waals surface area contributed by atoms with Crippen LogP contribution in [-0.2, 0) is 14.3 Å². The van der Waals surface area contributed by atoms with Crippen molar-refractivity contribution in [1.29, 1.82) is 0 Å². The number of esters is 1. The number of hydrogen-bond acceptors (Lipinski definition) is 4.